The molecule has 1 N–H and O–H groups in total. The molecule has 0 saturated carbocycles. The Kier molecular flexibility index (Phi) is 4.31. The van der Waals surface area contributed by atoms with E-state index in [2.05, 4.69) is 41.3 Å². The number of aromatic nitrogens is 2. The molecule has 0 amide bonds. The molecule has 0 bridgehead atoms. The van der Waals surface area contributed by atoms with E-state index in [9.17, 15) is 0 Å². The molecule has 0 aliphatic heterocycles. The minimum absolute atomic E-state index is 0.843. The third kappa shape index (κ3) is 2.88. The van der Waals surface area contributed by atoms with Crippen LogP contribution in [-0.4, -0.2) is 17.0 Å². The molecular formula is C14H19N3S. The SMILES string of the molecule is CCCc1cc(NC)nc(-c2ccc(CC)s2)n1. The number of hydrogen-bond acceptors (Lipinski definition) is 4. The summed E-state index contributed by atoms with van der Waals surface area (Å²) in [4.78, 5) is 11.7. The second-order valence-corrected chi connectivity index (χ2v) is 5.36. The zero-order chi connectivity index (χ0) is 13.0. The molecule has 2 heterocycles. The summed E-state index contributed by atoms with van der Waals surface area (Å²) >= 11 is 1.78. The van der Waals surface area contributed by atoms with Crippen LogP contribution in [0.1, 0.15) is 30.8 Å². The Morgan fingerprint density at radius 1 is 1.22 bits per heavy atom. The molecule has 4 heteroatoms. The summed E-state index contributed by atoms with van der Waals surface area (Å²) in [7, 11) is 1.90. The predicted octanol–water partition coefficient (Wildman–Crippen LogP) is 3.76. The molecule has 96 valence electrons. The van der Waals surface area contributed by atoms with Crippen molar-refractivity contribution >= 4 is 17.2 Å². The van der Waals surface area contributed by atoms with Crippen LogP contribution in [0.4, 0.5) is 5.82 Å². The van der Waals surface area contributed by atoms with Gasteiger partial charge in [0.05, 0.1) is 4.88 Å². The molecule has 2 rings (SSSR count). The summed E-state index contributed by atoms with van der Waals surface area (Å²) < 4.78 is 0. The predicted molar refractivity (Wildman–Crippen MR) is 78.3 cm³/mol. The van der Waals surface area contributed by atoms with Crippen molar-refractivity contribution in [2.75, 3.05) is 12.4 Å². The molecule has 0 unspecified atom stereocenters. The van der Waals surface area contributed by atoms with Crippen LogP contribution in [0.2, 0.25) is 0 Å². The van der Waals surface area contributed by atoms with E-state index < -0.39 is 0 Å². The maximum atomic E-state index is 4.65. The number of aryl methyl sites for hydroxylation is 2. The Hall–Kier alpha value is -1.42. The Morgan fingerprint density at radius 2 is 2.06 bits per heavy atom. The number of nitrogens with zero attached hydrogens (tertiary/aromatic N) is 2. The van der Waals surface area contributed by atoms with Crippen molar-refractivity contribution < 1.29 is 0 Å². The minimum atomic E-state index is 0.843. The molecule has 0 aliphatic carbocycles. The second-order valence-electron chi connectivity index (χ2n) is 4.19. The normalized spacial score (nSPS) is 10.6. The highest BCUT2D eigenvalue weighted by atomic mass is 32.1. The van der Waals surface area contributed by atoms with Gasteiger partial charge in [0.25, 0.3) is 0 Å². The molecule has 0 saturated heterocycles. The number of rotatable bonds is 5. The van der Waals surface area contributed by atoms with E-state index in [-0.39, 0.29) is 0 Å². The van der Waals surface area contributed by atoms with E-state index in [4.69, 9.17) is 0 Å². The quantitative estimate of drug-likeness (QED) is 0.890. The Labute approximate surface area is 112 Å². The van der Waals surface area contributed by atoms with Crippen molar-refractivity contribution in [1.82, 2.24) is 9.97 Å². The third-order valence-electron chi connectivity index (χ3n) is 2.77. The molecule has 0 atom stereocenters. The zero-order valence-corrected chi connectivity index (χ0v) is 12.0. The largest absolute Gasteiger partial charge is 0.373 e. The highest BCUT2D eigenvalue weighted by Crippen LogP contribution is 2.27. The highest BCUT2D eigenvalue weighted by molar-refractivity contribution is 7.15. The van der Waals surface area contributed by atoms with Gasteiger partial charge < -0.3 is 5.32 Å². The summed E-state index contributed by atoms with van der Waals surface area (Å²) in [6, 6.07) is 6.31. The lowest BCUT2D eigenvalue weighted by molar-refractivity contribution is 0.876. The number of nitrogens with one attached hydrogen (secondary N) is 1. The fraction of sp³-hybridized carbons (Fsp3) is 0.429. The standard InChI is InChI=1S/C14H19N3S/c1-4-6-10-9-13(15-3)17-14(16-10)12-8-7-11(5-2)18-12/h7-9H,4-6H2,1-3H3,(H,15,16,17). The van der Waals surface area contributed by atoms with Gasteiger partial charge in [-0.1, -0.05) is 20.3 Å². The first kappa shape index (κ1) is 13.0. The van der Waals surface area contributed by atoms with Gasteiger partial charge in [-0.05, 0) is 25.0 Å². The molecule has 0 radical (unpaired) electrons. The van der Waals surface area contributed by atoms with Crippen molar-refractivity contribution in [1.29, 1.82) is 0 Å². The molecule has 0 fully saturated rings. The van der Waals surface area contributed by atoms with Gasteiger partial charge in [-0.2, -0.15) is 0 Å². The first-order valence-corrected chi connectivity index (χ1v) is 7.23. The van der Waals surface area contributed by atoms with Crippen LogP contribution in [0.5, 0.6) is 0 Å². The van der Waals surface area contributed by atoms with E-state index >= 15 is 0 Å². The lowest BCUT2D eigenvalue weighted by atomic mass is 10.2. The summed E-state index contributed by atoms with van der Waals surface area (Å²) in [5, 5.41) is 3.11. The van der Waals surface area contributed by atoms with Crippen molar-refractivity contribution in [2.24, 2.45) is 0 Å². The van der Waals surface area contributed by atoms with Crippen LogP contribution in [0.25, 0.3) is 10.7 Å². The maximum Gasteiger partial charge on any atom is 0.171 e. The van der Waals surface area contributed by atoms with Crippen LogP contribution in [-0.2, 0) is 12.8 Å². The van der Waals surface area contributed by atoms with Gasteiger partial charge in [-0.3, -0.25) is 0 Å². The first-order valence-electron chi connectivity index (χ1n) is 6.41. The Morgan fingerprint density at radius 3 is 2.67 bits per heavy atom. The van der Waals surface area contributed by atoms with E-state index in [0.29, 0.717) is 0 Å². The van der Waals surface area contributed by atoms with Crippen molar-refractivity contribution in [2.45, 2.75) is 33.1 Å². The first-order chi connectivity index (χ1) is 8.76. The van der Waals surface area contributed by atoms with Gasteiger partial charge in [0.2, 0.25) is 0 Å². The third-order valence-corrected chi connectivity index (χ3v) is 4.00. The van der Waals surface area contributed by atoms with Crippen molar-refractivity contribution in [3.63, 3.8) is 0 Å². The highest BCUT2D eigenvalue weighted by Gasteiger charge is 2.08. The summed E-state index contributed by atoms with van der Waals surface area (Å²) in [5.74, 6) is 1.74. The van der Waals surface area contributed by atoms with Gasteiger partial charge in [0.1, 0.15) is 5.82 Å². The molecule has 0 spiro atoms. The van der Waals surface area contributed by atoms with Crippen LogP contribution in [0.3, 0.4) is 0 Å². The average Bonchev–Trinajstić information content (AvgIpc) is 2.87. The van der Waals surface area contributed by atoms with E-state index in [1.54, 1.807) is 11.3 Å². The molecule has 0 aromatic carbocycles. The fourth-order valence-corrected chi connectivity index (χ4v) is 2.69. The van der Waals surface area contributed by atoms with Crippen LogP contribution in [0.15, 0.2) is 18.2 Å². The van der Waals surface area contributed by atoms with Gasteiger partial charge in [0, 0.05) is 23.7 Å². The topological polar surface area (TPSA) is 37.8 Å². The lowest BCUT2D eigenvalue weighted by Gasteiger charge is -2.05. The van der Waals surface area contributed by atoms with Gasteiger partial charge >= 0.3 is 0 Å². The van der Waals surface area contributed by atoms with Crippen molar-refractivity contribution in [3.8, 4) is 10.7 Å². The Balaban J connectivity index is 2.39. The summed E-state index contributed by atoms with van der Waals surface area (Å²) in [5.41, 5.74) is 1.11. The van der Waals surface area contributed by atoms with Crippen molar-refractivity contribution in [3.05, 3.63) is 28.8 Å². The maximum absolute atomic E-state index is 4.65. The average molecular weight is 261 g/mol. The van der Waals surface area contributed by atoms with Crippen LogP contribution < -0.4 is 5.32 Å². The fourth-order valence-electron chi connectivity index (χ4n) is 1.81. The summed E-state index contributed by atoms with van der Waals surface area (Å²) in [6.07, 6.45) is 3.17. The number of thiophene rings is 1. The van der Waals surface area contributed by atoms with Gasteiger partial charge in [0.15, 0.2) is 5.82 Å². The summed E-state index contributed by atoms with van der Waals surface area (Å²) in [6.45, 7) is 4.34. The smallest absolute Gasteiger partial charge is 0.171 e. The van der Waals surface area contributed by atoms with E-state index in [1.165, 1.54) is 4.88 Å². The number of hydrogen-bond donors (Lipinski definition) is 1. The molecule has 2 aromatic rings. The lowest BCUT2D eigenvalue weighted by Crippen LogP contribution is -2.00. The minimum Gasteiger partial charge on any atom is -0.373 e. The van der Waals surface area contributed by atoms with Crippen LogP contribution >= 0.6 is 11.3 Å². The molecule has 18 heavy (non-hydrogen) atoms. The second kappa shape index (κ2) is 5.96. The van der Waals surface area contributed by atoms with E-state index in [0.717, 1.165) is 41.5 Å². The molecule has 2 aromatic heterocycles. The van der Waals surface area contributed by atoms with Gasteiger partial charge in [-0.15, -0.1) is 11.3 Å². The Bertz CT molecular complexity index is 520. The zero-order valence-electron chi connectivity index (χ0n) is 11.2. The van der Waals surface area contributed by atoms with E-state index in [1.807, 2.05) is 13.1 Å². The van der Waals surface area contributed by atoms with Crippen LogP contribution in [0, 0.1) is 0 Å². The molecule has 0 aliphatic rings. The monoisotopic (exact) mass is 261 g/mol. The van der Waals surface area contributed by atoms with Gasteiger partial charge in [-0.25, -0.2) is 9.97 Å². The number of anilines is 1. The molecule has 3 nitrogen and oxygen atoms in total. The molecular weight excluding hydrogens is 242 g/mol.